The molecule has 2 aromatic heterocycles. The number of fused-ring (bicyclic) bond motifs is 3. The highest BCUT2D eigenvalue weighted by Crippen LogP contribution is 2.38. The number of pyridine rings is 1. The standard InChI is InChI=1S/C17H18ClN3/c1-11(18)17-20-15-10-19-14-9-5-4-8-13(14)16(15)21(17)12-6-2-3-7-12/h4-5,8-12H,2-3,6-7H2,1H3. The molecular formula is C17H18ClN3. The molecule has 3 nitrogen and oxygen atoms in total. The molecule has 0 spiro atoms. The third-order valence-corrected chi connectivity index (χ3v) is 4.69. The Labute approximate surface area is 129 Å². The molecule has 108 valence electrons. The molecule has 1 aliphatic rings. The summed E-state index contributed by atoms with van der Waals surface area (Å²) < 4.78 is 2.39. The smallest absolute Gasteiger partial charge is 0.128 e. The van der Waals surface area contributed by atoms with Crippen LogP contribution in [0.5, 0.6) is 0 Å². The van der Waals surface area contributed by atoms with Crippen LogP contribution < -0.4 is 0 Å². The molecule has 3 aromatic rings. The van der Waals surface area contributed by atoms with E-state index in [0.29, 0.717) is 6.04 Å². The van der Waals surface area contributed by atoms with Crippen molar-refractivity contribution < 1.29 is 0 Å². The van der Waals surface area contributed by atoms with Gasteiger partial charge in [0, 0.05) is 11.4 Å². The van der Waals surface area contributed by atoms with Crippen LogP contribution in [0.15, 0.2) is 30.5 Å². The summed E-state index contributed by atoms with van der Waals surface area (Å²) in [4.78, 5) is 9.31. The van der Waals surface area contributed by atoms with Crippen LogP contribution in [0.1, 0.15) is 49.9 Å². The minimum Gasteiger partial charge on any atom is -0.323 e. The molecule has 0 bridgehead atoms. The van der Waals surface area contributed by atoms with Crippen LogP contribution in [0.3, 0.4) is 0 Å². The summed E-state index contributed by atoms with van der Waals surface area (Å²) in [7, 11) is 0. The first-order valence-corrected chi connectivity index (χ1v) is 8.09. The lowest BCUT2D eigenvalue weighted by atomic mass is 10.1. The Morgan fingerprint density at radius 3 is 2.71 bits per heavy atom. The summed E-state index contributed by atoms with van der Waals surface area (Å²) in [5.41, 5.74) is 3.19. The average Bonchev–Trinajstić information content (AvgIpc) is 3.13. The summed E-state index contributed by atoms with van der Waals surface area (Å²) in [6.07, 6.45) is 6.91. The monoisotopic (exact) mass is 299 g/mol. The minimum atomic E-state index is -0.0863. The van der Waals surface area contributed by atoms with E-state index in [1.165, 1.54) is 36.6 Å². The predicted molar refractivity (Wildman–Crippen MR) is 86.8 cm³/mol. The first-order valence-electron chi connectivity index (χ1n) is 7.65. The number of imidazole rings is 1. The van der Waals surface area contributed by atoms with Gasteiger partial charge in [0.25, 0.3) is 0 Å². The van der Waals surface area contributed by atoms with E-state index in [0.717, 1.165) is 16.9 Å². The molecule has 1 aliphatic carbocycles. The molecular weight excluding hydrogens is 282 g/mol. The highest BCUT2D eigenvalue weighted by molar-refractivity contribution is 6.20. The van der Waals surface area contributed by atoms with Crippen molar-refractivity contribution in [2.75, 3.05) is 0 Å². The van der Waals surface area contributed by atoms with Crippen molar-refractivity contribution in [2.24, 2.45) is 0 Å². The van der Waals surface area contributed by atoms with E-state index in [-0.39, 0.29) is 5.38 Å². The third-order valence-electron chi connectivity index (χ3n) is 4.50. The molecule has 2 heterocycles. The number of para-hydroxylation sites is 1. The van der Waals surface area contributed by atoms with Gasteiger partial charge in [-0.05, 0) is 25.8 Å². The summed E-state index contributed by atoms with van der Waals surface area (Å²) in [5, 5.41) is 1.09. The Bertz CT molecular complexity index is 800. The second-order valence-electron chi connectivity index (χ2n) is 5.90. The van der Waals surface area contributed by atoms with Gasteiger partial charge in [-0.1, -0.05) is 31.0 Å². The maximum atomic E-state index is 6.41. The van der Waals surface area contributed by atoms with E-state index < -0.39 is 0 Å². The molecule has 1 aromatic carbocycles. The summed E-state index contributed by atoms with van der Waals surface area (Å²) >= 11 is 6.41. The Morgan fingerprint density at radius 2 is 1.95 bits per heavy atom. The van der Waals surface area contributed by atoms with Gasteiger partial charge < -0.3 is 4.57 Å². The molecule has 1 fully saturated rings. The molecule has 0 amide bonds. The number of hydrogen-bond acceptors (Lipinski definition) is 2. The van der Waals surface area contributed by atoms with Gasteiger partial charge in [-0.3, -0.25) is 4.98 Å². The first kappa shape index (κ1) is 13.1. The van der Waals surface area contributed by atoms with E-state index in [1.807, 2.05) is 19.2 Å². The van der Waals surface area contributed by atoms with Gasteiger partial charge in [0.05, 0.1) is 22.6 Å². The van der Waals surface area contributed by atoms with E-state index >= 15 is 0 Å². The number of alkyl halides is 1. The van der Waals surface area contributed by atoms with Crippen molar-refractivity contribution in [3.8, 4) is 0 Å². The van der Waals surface area contributed by atoms with E-state index in [9.17, 15) is 0 Å². The van der Waals surface area contributed by atoms with Crippen LogP contribution in [-0.4, -0.2) is 14.5 Å². The predicted octanol–water partition coefficient (Wildman–Crippen LogP) is 5.00. The van der Waals surface area contributed by atoms with Gasteiger partial charge in [0.1, 0.15) is 11.3 Å². The van der Waals surface area contributed by atoms with Crippen LogP contribution in [-0.2, 0) is 0 Å². The minimum absolute atomic E-state index is 0.0863. The zero-order valence-corrected chi connectivity index (χ0v) is 12.8. The first-order chi connectivity index (χ1) is 10.3. The van der Waals surface area contributed by atoms with E-state index in [2.05, 4.69) is 27.8 Å². The fraction of sp³-hybridized carbons (Fsp3) is 0.412. The summed E-state index contributed by atoms with van der Waals surface area (Å²) in [5.74, 6) is 0.983. The number of benzene rings is 1. The van der Waals surface area contributed by atoms with Gasteiger partial charge in [0.15, 0.2) is 0 Å². The van der Waals surface area contributed by atoms with Gasteiger partial charge in [-0.25, -0.2) is 4.98 Å². The molecule has 0 radical (unpaired) electrons. The molecule has 1 atom stereocenters. The number of halogens is 1. The van der Waals surface area contributed by atoms with E-state index in [1.54, 1.807) is 0 Å². The van der Waals surface area contributed by atoms with Crippen molar-refractivity contribution in [1.82, 2.24) is 14.5 Å². The van der Waals surface area contributed by atoms with Crippen LogP contribution in [0.25, 0.3) is 21.9 Å². The largest absolute Gasteiger partial charge is 0.323 e. The van der Waals surface area contributed by atoms with Gasteiger partial charge in [0.2, 0.25) is 0 Å². The molecule has 0 saturated heterocycles. The average molecular weight is 300 g/mol. The number of nitrogens with zero attached hydrogens (tertiary/aromatic N) is 3. The van der Waals surface area contributed by atoms with Crippen molar-refractivity contribution in [2.45, 2.75) is 44.0 Å². The SMILES string of the molecule is CC(Cl)c1nc2cnc3ccccc3c2n1C1CCCC1. The normalized spacial score (nSPS) is 17.8. The quantitative estimate of drug-likeness (QED) is 0.623. The molecule has 4 rings (SSSR count). The Kier molecular flexibility index (Phi) is 3.11. The van der Waals surface area contributed by atoms with Gasteiger partial charge >= 0.3 is 0 Å². The molecule has 0 aliphatic heterocycles. The number of aromatic nitrogens is 3. The second kappa shape index (κ2) is 4.99. The Hall–Kier alpha value is -1.61. The highest BCUT2D eigenvalue weighted by Gasteiger charge is 2.25. The zero-order chi connectivity index (χ0) is 14.4. The van der Waals surface area contributed by atoms with Gasteiger partial charge in [-0.2, -0.15) is 0 Å². The van der Waals surface area contributed by atoms with Crippen LogP contribution in [0.2, 0.25) is 0 Å². The van der Waals surface area contributed by atoms with Crippen molar-refractivity contribution >= 4 is 33.5 Å². The van der Waals surface area contributed by atoms with E-state index in [4.69, 9.17) is 16.6 Å². The molecule has 1 unspecified atom stereocenters. The molecule has 21 heavy (non-hydrogen) atoms. The summed E-state index contributed by atoms with van der Waals surface area (Å²) in [6, 6.07) is 8.82. The lowest BCUT2D eigenvalue weighted by Crippen LogP contribution is -2.10. The zero-order valence-electron chi connectivity index (χ0n) is 12.1. The number of rotatable bonds is 2. The van der Waals surface area contributed by atoms with Crippen LogP contribution >= 0.6 is 11.6 Å². The lowest BCUT2D eigenvalue weighted by molar-refractivity contribution is 0.511. The van der Waals surface area contributed by atoms with Crippen LogP contribution in [0.4, 0.5) is 0 Å². The maximum Gasteiger partial charge on any atom is 0.128 e. The molecule has 0 N–H and O–H groups in total. The highest BCUT2D eigenvalue weighted by atomic mass is 35.5. The van der Waals surface area contributed by atoms with Crippen molar-refractivity contribution in [3.05, 3.63) is 36.3 Å². The molecule has 1 saturated carbocycles. The fourth-order valence-electron chi connectivity index (χ4n) is 3.56. The second-order valence-corrected chi connectivity index (χ2v) is 6.56. The number of hydrogen-bond donors (Lipinski definition) is 0. The Balaban J connectivity index is 2.10. The topological polar surface area (TPSA) is 30.7 Å². The van der Waals surface area contributed by atoms with Crippen molar-refractivity contribution in [1.29, 1.82) is 0 Å². The van der Waals surface area contributed by atoms with Crippen molar-refractivity contribution in [3.63, 3.8) is 0 Å². The maximum absolute atomic E-state index is 6.41. The van der Waals surface area contributed by atoms with Crippen LogP contribution in [0, 0.1) is 0 Å². The third kappa shape index (κ3) is 2.03. The Morgan fingerprint density at radius 1 is 1.19 bits per heavy atom. The fourth-order valence-corrected chi connectivity index (χ4v) is 3.71. The van der Waals surface area contributed by atoms with Gasteiger partial charge in [-0.15, -0.1) is 11.6 Å². The summed E-state index contributed by atoms with van der Waals surface area (Å²) in [6.45, 7) is 2.00. The molecule has 4 heteroatoms. The lowest BCUT2D eigenvalue weighted by Gasteiger charge is -2.18.